The number of carbonyl (C=O) groups excluding carboxylic acids is 1. The molecule has 2 aromatic carbocycles. The number of amides is 1. The average molecular weight is 433 g/mol. The molecule has 30 heavy (non-hydrogen) atoms. The number of H-pyrrole nitrogens is 1. The second-order valence-electron chi connectivity index (χ2n) is 6.20. The first kappa shape index (κ1) is 19.7. The van der Waals surface area contributed by atoms with Gasteiger partial charge in [-0.3, -0.25) is 15.1 Å². The maximum absolute atomic E-state index is 13.2. The number of fused-ring (bicyclic) bond motifs is 1. The summed E-state index contributed by atoms with van der Waals surface area (Å²) in [6.45, 7) is 0. The monoisotopic (exact) mass is 432 g/mol. The van der Waals surface area contributed by atoms with Gasteiger partial charge in [0.15, 0.2) is 0 Å². The number of pyridine rings is 1. The molecule has 0 aliphatic heterocycles. The predicted molar refractivity (Wildman–Crippen MR) is 105 cm³/mol. The Labute approximate surface area is 172 Å². The highest BCUT2D eigenvalue weighted by molar-refractivity contribution is 6.31. The van der Waals surface area contributed by atoms with Crippen molar-refractivity contribution in [1.82, 2.24) is 15.0 Å². The molecule has 0 aliphatic carbocycles. The van der Waals surface area contributed by atoms with E-state index in [1.54, 1.807) is 36.7 Å². The molecule has 0 atom stereocenters. The number of anilines is 1. The van der Waals surface area contributed by atoms with Crippen molar-refractivity contribution in [2.24, 2.45) is 0 Å². The molecule has 0 spiro atoms. The highest BCUT2D eigenvalue weighted by Crippen LogP contribution is 2.36. The van der Waals surface area contributed by atoms with E-state index >= 15 is 0 Å². The largest absolute Gasteiger partial charge is 0.457 e. The summed E-state index contributed by atoms with van der Waals surface area (Å²) < 4.78 is 45.4. The van der Waals surface area contributed by atoms with E-state index in [9.17, 15) is 18.0 Å². The third kappa shape index (κ3) is 4.20. The number of rotatable bonds is 4. The number of benzene rings is 2. The van der Waals surface area contributed by atoms with Gasteiger partial charge in [0.2, 0.25) is 5.95 Å². The van der Waals surface area contributed by atoms with Gasteiger partial charge < -0.3 is 9.72 Å². The number of carbonyl (C=O) groups is 1. The second kappa shape index (κ2) is 7.68. The molecule has 0 radical (unpaired) electrons. The number of imidazole rings is 1. The lowest BCUT2D eigenvalue weighted by molar-refractivity contribution is -0.136. The van der Waals surface area contributed by atoms with Crippen molar-refractivity contribution in [2.75, 3.05) is 5.32 Å². The Morgan fingerprint density at radius 1 is 1.07 bits per heavy atom. The first-order valence-electron chi connectivity index (χ1n) is 8.55. The Morgan fingerprint density at radius 2 is 1.83 bits per heavy atom. The van der Waals surface area contributed by atoms with Crippen LogP contribution >= 0.6 is 11.6 Å². The van der Waals surface area contributed by atoms with Gasteiger partial charge in [-0.15, -0.1) is 0 Å². The van der Waals surface area contributed by atoms with Gasteiger partial charge in [0.25, 0.3) is 5.91 Å². The van der Waals surface area contributed by atoms with E-state index in [0.29, 0.717) is 11.5 Å². The van der Waals surface area contributed by atoms with Crippen molar-refractivity contribution in [3.63, 3.8) is 0 Å². The van der Waals surface area contributed by atoms with Crippen molar-refractivity contribution >= 4 is 34.5 Å². The van der Waals surface area contributed by atoms with Gasteiger partial charge in [0.05, 0.1) is 11.1 Å². The number of aromatic amines is 1. The van der Waals surface area contributed by atoms with Crippen LogP contribution < -0.4 is 10.1 Å². The third-order valence-corrected chi connectivity index (χ3v) is 4.29. The van der Waals surface area contributed by atoms with E-state index in [1.165, 1.54) is 18.2 Å². The summed E-state index contributed by atoms with van der Waals surface area (Å²) in [5, 5.41) is 2.36. The van der Waals surface area contributed by atoms with Gasteiger partial charge in [0, 0.05) is 23.0 Å². The smallest absolute Gasteiger partial charge is 0.418 e. The number of halogens is 4. The quantitative estimate of drug-likeness (QED) is 0.435. The second-order valence-corrected chi connectivity index (χ2v) is 6.64. The number of ether oxygens (including phenoxy) is 1. The molecule has 152 valence electrons. The van der Waals surface area contributed by atoms with Crippen molar-refractivity contribution in [3.05, 3.63) is 77.1 Å². The highest BCUT2D eigenvalue weighted by atomic mass is 35.5. The lowest BCUT2D eigenvalue weighted by Crippen LogP contribution is -2.13. The number of hydrogen-bond donors (Lipinski definition) is 2. The molecule has 4 aromatic rings. The Morgan fingerprint density at radius 3 is 2.57 bits per heavy atom. The van der Waals surface area contributed by atoms with Crippen molar-refractivity contribution < 1.29 is 22.7 Å². The van der Waals surface area contributed by atoms with Crippen molar-refractivity contribution in [1.29, 1.82) is 0 Å². The Bertz CT molecular complexity index is 1230. The molecule has 0 saturated heterocycles. The summed E-state index contributed by atoms with van der Waals surface area (Å²) in [5.41, 5.74) is -1.04. The minimum absolute atomic E-state index is 0.0555. The number of nitrogens with one attached hydrogen (secondary N) is 2. The number of hydrogen-bond acceptors (Lipinski definition) is 4. The molecular weight excluding hydrogens is 421 g/mol. The van der Waals surface area contributed by atoms with E-state index in [0.717, 1.165) is 6.07 Å². The topological polar surface area (TPSA) is 79.9 Å². The first-order chi connectivity index (χ1) is 14.3. The fourth-order valence-corrected chi connectivity index (χ4v) is 3.00. The number of nitrogens with zero attached hydrogens (tertiary/aromatic N) is 2. The maximum Gasteiger partial charge on any atom is 0.418 e. The summed E-state index contributed by atoms with van der Waals surface area (Å²) in [4.78, 5) is 23.0. The molecular formula is C20H12ClF3N4O2. The maximum atomic E-state index is 13.2. The van der Waals surface area contributed by atoms with E-state index in [4.69, 9.17) is 16.3 Å². The van der Waals surface area contributed by atoms with Crippen LogP contribution in [0.15, 0.2) is 60.9 Å². The van der Waals surface area contributed by atoms with E-state index in [2.05, 4.69) is 20.3 Å². The van der Waals surface area contributed by atoms with Crippen LogP contribution in [0.25, 0.3) is 11.0 Å². The molecule has 0 saturated carbocycles. The van der Waals surface area contributed by atoms with E-state index in [1.807, 2.05) is 0 Å². The molecule has 10 heteroatoms. The standard InChI is InChI=1S/C20H12ClF3N4O2/c21-12-9-15(20(22,23)24)17-16(10-12)26-19(27-17)28-18(29)11-2-1-3-14(8-11)30-13-4-6-25-7-5-13/h1-10H,(H2,26,27,28,29). The summed E-state index contributed by atoms with van der Waals surface area (Å²) in [5.74, 6) is 0.234. The Balaban J connectivity index is 1.58. The van der Waals surface area contributed by atoms with Gasteiger partial charge in [-0.1, -0.05) is 17.7 Å². The number of alkyl halides is 3. The predicted octanol–water partition coefficient (Wildman–Crippen LogP) is 5.67. The molecule has 2 aromatic heterocycles. The summed E-state index contributed by atoms with van der Waals surface area (Å²) in [6, 6.07) is 11.7. The summed E-state index contributed by atoms with van der Waals surface area (Å²) >= 11 is 5.77. The molecule has 4 rings (SSSR count). The molecule has 2 heterocycles. The molecule has 1 amide bonds. The van der Waals surface area contributed by atoms with E-state index in [-0.39, 0.29) is 27.6 Å². The zero-order valence-corrected chi connectivity index (χ0v) is 15.8. The van der Waals surface area contributed by atoms with Crippen molar-refractivity contribution in [2.45, 2.75) is 6.18 Å². The van der Waals surface area contributed by atoms with Crippen LogP contribution in [0.1, 0.15) is 15.9 Å². The van der Waals surface area contributed by atoms with Crippen LogP contribution in [0.4, 0.5) is 19.1 Å². The van der Waals surface area contributed by atoms with Gasteiger partial charge in [-0.25, -0.2) is 4.98 Å². The van der Waals surface area contributed by atoms with Crippen LogP contribution in [0.2, 0.25) is 5.02 Å². The molecule has 0 fully saturated rings. The highest BCUT2D eigenvalue weighted by Gasteiger charge is 2.34. The zero-order valence-electron chi connectivity index (χ0n) is 15.0. The number of aromatic nitrogens is 3. The SMILES string of the molecule is O=C(Nc1nc2c(C(F)(F)F)cc(Cl)cc2[nH]1)c1cccc(Oc2ccncc2)c1. The Hall–Kier alpha value is -3.59. The van der Waals surface area contributed by atoms with Gasteiger partial charge in [-0.05, 0) is 42.5 Å². The lowest BCUT2D eigenvalue weighted by atomic mass is 10.2. The molecule has 0 unspecified atom stereocenters. The fraction of sp³-hybridized carbons (Fsp3) is 0.0500. The van der Waals surface area contributed by atoms with Gasteiger partial charge in [-0.2, -0.15) is 13.2 Å². The fourth-order valence-electron chi connectivity index (χ4n) is 2.78. The van der Waals surface area contributed by atoms with Crippen LogP contribution in [0, 0.1) is 0 Å². The van der Waals surface area contributed by atoms with Crippen LogP contribution in [0.3, 0.4) is 0 Å². The van der Waals surface area contributed by atoms with Gasteiger partial charge in [0.1, 0.15) is 17.0 Å². The molecule has 0 bridgehead atoms. The zero-order chi connectivity index (χ0) is 21.3. The summed E-state index contributed by atoms with van der Waals surface area (Å²) in [7, 11) is 0. The lowest BCUT2D eigenvalue weighted by Gasteiger charge is -2.07. The minimum atomic E-state index is -4.64. The van der Waals surface area contributed by atoms with Crippen LogP contribution in [-0.2, 0) is 6.18 Å². The summed E-state index contributed by atoms with van der Waals surface area (Å²) in [6.07, 6.45) is -1.51. The van der Waals surface area contributed by atoms with E-state index < -0.39 is 17.6 Å². The van der Waals surface area contributed by atoms with Gasteiger partial charge >= 0.3 is 6.18 Å². The average Bonchev–Trinajstić information content (AvgIpc) is 3.09. The molecule has 2 N–H and O–H groups in total. The van der Waals surface area contributed by atoms with Crippen LogP contribution in [0.5, 0.6) is 11.5 Å². The molecule has 6 nitrogen and oxygen atoms in total. The minimum Gasteiger partial charge on any atom is -0.457 e. The van der Waals surface area contributed by atoms with Crippen molar-refractivity contribution in [3.8, 4) is 11.5 Å². The normalized spacial score (nSPS) is 11.5. The third-order valence-electron chi connectivity index (χ3n) is 4.07. The first-order valence-corrected chi connectivity index (χ1v) is 8.93. The Kier molecular flexibility index (Phi) is 5.04. The molecule has 0 aliphatic rings. The van der Waals surface area contributed by atoms with Crippen LogP contribution in [-0.4, -0.2) is 20.9 Å².